The summed E-state index contributed by atoms with van der Waals surface area (Å²) < 4.78 is 5.02. The molecule has 0 saturated carbocycles. The summed E-state index contributed by atoms with van der Waals surface area (Å²) in [5.74, 6) is 1.54. The van der Waals surface area contributed by atoms with Crippen molar-refractivity contribution >= 4 is 28.8 Å². The molecule has 49 heavy (non-hydrogen) atoms. The maximum absolute atomic E-state index is 5.80. The molecule has 6 fully saturated rings. The standard InChI is InChI=1S/C13H19N3.C12H16ClN3.C12H18N4O/c1-15-7-4-13(10-15)5-8-16(11-13)12-3-2-6-14-9-12;13-11-2-1-10(7-15-11)16-6-4-12(9-16)3-5-14-8-12;1-17-11-3-2-10(14-15-11)16-7-5-12(9-16)4-6-13-8-12/h2-3,6,9H,4-5,7-8,10-11H2,1H3;1-2,7,14H,3-6,8-9H2;2-3,13H,4-9H2,1H3. The fourth-order valence-electron chi connectivity index (χ4n) is 8.91. The minimum absolute atomic E-state index is 0.474. The van der Waals surface area contributed by atoms with E-state index in [4.69, 9.17) is 16.3 Å². The molecule has 0 amide bonds. The molecular formula is C37H53ClN10O. The third kappa shape index (κ3) is 8.06. The summed E-state index contributed by atoms with van der Waals surface area (Å²) in [4.78, 5) is 18.1. The van der Waals surface area contributed by atoms with E-state index < -0.39 is 0 Å². The number of pyridine rings is 2. The van der Waals surface area contributed by atoms with Gasteiger partial charge in [-0.05, 0) is 95.5 Å². The molecule has 0 radical (unpaired) electrons. The third-order valence-electron chi connectivity index (χ3n) is 11.9. The number of nitrogens with one attached hydrogen (secondary N) is 2. The fourth-order valence-corrected chi connectivity index (χ4v) is 9.02. The Morgan fingerprint density at radius 1 is 0.694 bits per heavy atom. The van der Waals surface area contributed by atoms with Gasteiger partial charge >= 0.3 is 0 Å². The van der Waals surface area contributed by atoms with Gasteiger partial charge in [-0.25, -0.2) is 4.98 Å². The van der Waals surface area contributed by atoms with Crippen molar-refractivity contribution in [3.63, 3.8) is 0 Å². The molecule has 6 saturated heterocycles. The summed E-state index contributed by atoms with van der Waals surface area (Å²) in [7, 11) is 3.85. The first-order valence-corrected chi connectivity index (χ1v) is 18.5. The van der Waals surface area contributed by atoms with Gasteiger partial charge < -0.3 is 35.0 Å². The summed E-state index contributed by atoms with van der Waals surface area (Å²) >= 11 is 5.80. The van der Waals surface area contributed by atoms with Crippen molar-refractivity contribution in [1.29, 1.82) is 0 Å². The van der Waals surface area contributed by atoms with Crippen LogP contribution >= 0.6 is 11.6 Å². The van der Waals surface area contributed by atoms with Gasteiger partial charge in [-0.2, -0.15) is 0 Å². The summed E-state index contributed by atoms with van der Waals surface area (Å²) in [6.07, 6.45) is 13.6. The minimum Gasteiger partial charge on any atom is -0.480 e. The van der Waals surface area contributed by atoms with Crippen LogP contribution in [0.4, 0.5) is 17.2 Å². The van der Waals surface area contributed by atoms with Crippen molar-refractivity contribution in [2.24, 2.45) is 16.2 Å². The van der Waals surface area contributed by atoms with Gasteiger partial charge in [0.2, 0.25) is 5.88 Å². The molecule has 3 aromatic rings. The maximum atomic E-state index is 5.80. The lowest BCUT2D eigenvalue weighted by molar-refractivity contribution is 0.312. The molecule has 0 aliphatic carbocycles. The quantitative estimate of drug-likeness (QED) is 0.386. The normalized spacial score (nSPS) is 29.2. The number of nitrogens with zero attached hydrogens (tertiary/aromatic N) is 8. The molecule has 6 aliphatic rings. The van der Waals surface area contributed by atoms with Crippen molar-refractivity contribution < 1.29 is 4.74 Å². The number of likely N-dealkylation sites (tertiary alicyclic amines) is 1. The Bertz CT molecular complexity index is 1480. The maximum Gasteiger partial charge on any atom is 0.233 e. The van der Waals surface area contributed by atoms with Crippen LogP contribution in [0.25, 0.3) is 0 Å². The molecule has 3 aromatic heterocycles. The number of hydrogen-bond acceptors (Lipinski definition) is 11. The Hall–Kier alpha value is -3.25. The van der Waals surface area contributed by atoms with Crippen molar-refractivity contribution in [1.82, 2.24) is 35.7 Å². The first-order chi connectivity index (χ1) is 23.9. The molecule has 264 valence electrons. The molecule has 11 nitrogen and oxygen atoms in total. The average molecular weight is 689 g/mol. The van der Waals surface area contributed by atoms with Gasteiger partial charge in [0.25, 0.3) is 0 Å². The van der Waals surface area contributed by atoms with Gasteiger partial charge in [0.05, 0.1) is 30.9 Å². The van der Waals surface area contributed by atoms with E-state index in [-0.39, 0.29) is 0 Å². The molecule has 9 heterocycles. The van der Waals surface area contributed by atoms with E-state index >= 15 is 0 Å². The highest BCUT2D eigenvalue weighted by Gasteiger charge is 2.43. The topological polar surface area (TPSA) is 97.8 Å². The summed E-state index contributed by atoms with van der Waals surface area (Å²) in [6, 6.07) is 12.0. The van der Waals surface area contributed by atoms with Crippen molar-refractivity contribution in [2.75, 3.05) is 107 Å². The summed E-state index contributed by atoms with van der Waals surface area (Å²) in [6.45, 7) is 14.1. The van der Waals surface area contributed by atoms with Crippen LogP contribution < -0.4 is 30.1 Å². The van der Waals surface area contributed by atoms with Crippen LogP contribution in [-0.4, -0.2) is 118 Å². The van der Waals surface area contributed by atoms with Crippen molar-refractivity contribution in [3.05, 3.63) is 60.1 Å². The number of anilines is 3. The van der Waals surface area contributed by atoms with Crippen LogP contribution in [0.2, 0.25) is 5.15 Å². The van der Waals surface area contributed by atoms with Crippen LogP contribution in [0.3, 0.4) is 0 Å². The van der Waals surface area contributed by atoms with Gasteiger partial charge in [0, 0.05) is 87.4 Å². The van der Waals surface area contributed by atoms with Crippen molar-refractivity contribution in [2.45, 2.75) is 38.5 Å². The number of aromatic nitrogens is 4. The Morgan fingerprint density at radius 2 is 1.35 bits per heavy atom. The first kappa shape index (κ1) is 34.2. The minimum atomic E-state index is 0.474. The van der Waals surface area contributed by atoms with Crippen LogP contribution in [-0.2, 0) is 0 Å². The Balaban J connectivity index is 0.000000116. The van der Waals surface area contributed by atoms with E-state index in [9.17, 15) is 0 Å². The smallest absolute Gasteiger partial charge is 0.233 e. The molecule has 6 aliphatic heterocycles. The highest BCUT2D eigenvalue weighted by atomic mass is 35.5. The molecule has 3 spiro atoms. The lowest BCUT2D eigenvalue weighted by atomic mass is 9.86. The highest BCUT2D eigenvalue weighted by Crippen LogP contribution is 2.41. The van der Waals surface area contributed by atoms with E-state index in [1.165, 1.54) is 89.2 Å². The van der Waals surface area contributed by atoms with Crippen LogP contribution in [0.15, 0.2) is 55.0 Å². The van der Waals surface area contributed by atoms with Gasteiger partial charge in [-0.15, -0.1) is 10.2 Å². The van der Waals surface area contributed by atoms with E-state index in [2.05, 4.69) is 69.6 Å². The second-order valence-electron chi connectivity index (χ2n) is 15.3. The molecule has 9 rings (SSSR count). The zero-order valence-electron chi connectivity index (χ0n) is 29.3. The SMILES string of the molecule is CN1CCC2(CCN(c3cccnc3)C2)C1.COc1ccc(N2CCC3(CCNC3)C2)nn1.Clc1ccc(N2CCC3(CCNC3)C2)cn1. The molecule has 3 atom stereocenters. The van der Waals surface area contributed by atoms with Gasteiger partial charge in [-0.3, -0.25) is 4.98 Å². The first-order valence-electron chi connectivity index (χ1n) is 18.1. The second-order valence-corrected chi connectivity index (χ2v) is 15.7. The lowest BCUT2D eigenvalue weighted by Crippen LogP contribution is -2.29. The predicted molar refractivity (Wildman–Crippen MR) is 197 cm³/mol. The average Bonchev–Trinajstić information content (AvgIpc) is 4.01. The van der Waals surface area contributed by atoms with Crippen LogP contribution in [0, 0.1) is 16.2 Å². The van der Waals surface area contributed by atoms with Crippen molar-refractivity contribution in [3.8, 4) is 5.88 Å². The zero-order chi connectivity index (χ0) is 33.7. The van der Waals surface area contributed by atoms with E-state index in [1.54, 1.807) is 7.11 Å². The second kappa shape index (κ2) is 14.9. The van der Waals surface area contributed by atoms with Gasteiger partial charge in [-0.1, -0.05) is 11.6 Å². The van der Waals surface area contributed by atoms with E-state index in [0.717, 1.165) is 45.1 Å². The fraction of sp³-hybridized carbons (Fsp3) is 0.622. The number of hydrogen-bond donors (Lipinski definition) is 2. The number of ether oxygens (including phenoxy) is 1. The summed E-state index contributed by atoms with van der Waals surface area (Å²) in [5, 5.41) is 15.7. The van der Waals surface area contributed by atoms with Gasteiger partial charge in [0.1, 0.15) is 5.15 Å². The van der Waals surface area contributed by atoms with E-state index in [0.29, 0.717) is 27.3 Å². The van der Waals surface area contributed by atoms with Gasteiger partial charge in [0.15, 0.2) is 5.82 Å². The van der Waals surface area contributed by atoms with Crippen LogP contribution in [0.5, 0.6) is 5.88 Å². The third-order valence-corrected chi connectivity index (χ3v) is 12.1. The largest absolute Gasteiger partial charge is 0.480 e. The predicted octanol–water partition coefficient (Wildman–Crippen LogP) is 4.21. The Morgan fingerprint density at radius 3 is 1.90 bits per heavy atom. The zero-order valence-corrected chi connectivity index (χ0v) is 30.0. The summed E-state index contributed by atoms with van der Waals surface area (Å²) in [5.41, 5.74) is 4.04. The molecule has 0 aromatic carbocycles. The molecular weight excluding hydrogens is 636 g/mol. The molecule has 2 N–H and O–H groups in total. The van der Waals surface area contributed by atoms with Crippen LogP contribution in [0.1, 0.15) is 38.5 Å². The Kier molecular flexibility index (Phi) is 10.4. The molecule has 3 unspecified atom stereocenters. The number of halogens is 1. The number of rotatable bonds is 4. The lowest BCUT2D eigenvalue weighted by Gasteiger charge is -2.24. The monoisotopic (exact) mass is 688 g/mol. The number of methoxy groups -OCH3 is 1. The molecule has 12 heteroatoms. The Labute approximate surface area is 296 Å². The molecule has 0 bridgehead atoms. The highest BCUT2D eigenvalue weighted by molar-refractivity contribution is 6.29. The van der Waals surface area contributed by atoms with E-state index in [1.807, 2.05) is 42.9 Å².